The van der Waals surface area contributed by atoms with Crippen molar-refractivity contribution in [2.45, 2.75) is 19.3 Å². The Labute approximate surface area is 152 Å². The van der Waals surface area contributed by atoms with Gasteiger partial charge in [-0.3, -0.25) is 9.79 Å². The zero-order chi connectivity index (χ0) is 17.9. The van der Waals surface area contributed by atoms with Crippen molar-refractivity contribution in [1.82, 2.24) is 0 Å². The van der Waals surface area contributed by atoms with Gasteiger partial charge >= 0.3 is 0 Å². The summed E-state index contributed by atoms with van der Waals surface area (Å²) in [6.45, 7) is 2.00. The van der Waals surface area contributed by atoms with Crippen molar-refractivity contribution in [3.8, 4) is 17.2 Å². The summed E-state index contributed by atoms with van der Waals surface area (Å²) in [6, 6.07) is 11.2. The lowest BCUT2D eigenvalue weighted by Crippen LogP contribution is -2.17. The van der Waals surface area contributed by atoms with Crippen LogP contribution in [0, 0.1) is 0 Å². The van der Waals surface area contributed by atoms with Gasteiger partial charge in [0.25, 0.3) is 0 Å². The number of carbonyl (C=O) groups is 1. The van der Waals surface area contributed by atoms with Gasteiger partial charge in [-0.15, -0.1) is 0 Å². The van der Waals surface area contributed by atoms with Crippen LogP contribution in [0.2, 0.25) is 0 Å². The van der Waals surface area contributed by atoms with Gasteiger partial charge in [-0.2, -0.15) is 0 Å². The largest absolute Gasteiger partial charge is 0.497 e. The number of hydrogen-bond donors (Lipinski definition) is 0. The lowest BCUT2D eigenvalue weighted by atomic mass is 9.92. The van der Waals surface area contributed by atoms with Gasteiger partial charge in [-0.05, 0) is 48.4 Å². The Bertz CT molecular complexity index is 855. The van der Waals surface area contributed by atoms with E-state index in [-0.39, 0.29) is 12.2 Å². The summed E-state index contributed by atoms with van der Waals surface area (Å²) in [5.41, 5.74) is 3.65. The molecule has 26 heavy (non-hydrogen) atoms. The molecule has 0 radical (unpaired) electrons. The van der Waals surface area contributed by atoms with Crippen molar-refractivity contribution in [3.05, 3.63) is 53.1 Å². The molecular formula is C21H21NO4. The van der Waals surface area contributed by atoms with E-state index in [0.29, 0.717) is 25.3 Å². The van der Waals surface area contributed by atoms with Crippen LogP contribution in [0.3, 0.4) is 0 Å². The Balaban J connectivity index is 1.59. The number of Topliss-reactive ketones (excluding diaryl/α,β-unsaturated/α-hetero) is 1. The maximum absolute atomic E-state index is 12.7. The molecule has 0 bridgehead atoms. The van der Waals surface area contributed by atoms with Gasteiger partial charge in [-0.25, -0.2) is 0 Å². The first kappa shape index (κ1) is 16.6. The van der Waals surface area contributed by atoms with E-state index in [9.17, 15) is 4.79 Å². The highest BCUT2D eigenvalue weighted by Crippen LogP contribution is 2.35. The molecule has 0 N–H and O–H groups in total. The number of hydrogen-bond acceptors (Lipinski definition) is 5. The summed E-state index contributed by atoms with van der Waals surface area (Å²) in [5, 5.41) is 0. The molecule has 2 aromatic carbocycles. The first-order chi connectivity index (χ1) is 12.7. The molecule has 0 unspecified atom stereocenters. The summed E-state index contributed by atoms with van der Waals surface area (Å²) in [7, 11) is 1.61. The number of carbonyl (C=O) groups excluding carboxylic acids is 1. The van der Waals surface area contributed by atoms with Crippen LogP contribution in [0.15, 0.2) is 41.4 Å². The first-order valence-electron chi connectivity index (χ1n) is 8.88. The van der Waals surface area contributed by atoms with Crippen LogP contribution in [0.5, 0.6) is 17.2 Å². The summed E-state index contributed by atoms with van der Waals surface area (Å²) >= 11 is 0. The third kappa shape index (κ3) is 3.29. The molecule has 0 spiro atoms. The van der Waals surface area contributed by atoms with E-state index in [2.05, 4.69) is 4.99 Å². The standard InChI is InChI=1S/C21H21NO4/c1-24-16-5-3-14(4-6-16)19(23)13-18-17-12-21-20(25-9-2-10-26-21)11-15(17)7-8-22-18/h3-6,11-12H,2,7-10,13H2,1H3. The third-order valence-electron chi connectivity index (χ3n) is 4.71. The number of rotatable bonds is 4. The quantitative estimate of drug-likeness (QED) is 0.792. The zero-order valence-corrected chi connectivity index (χ0v) is 14.8. The second-order valence-corrected chi connectivity index (χ2v) is 6.41. The van der Waals surface area contributed by atoms with Crippen molar-refractivity contribution < 1.29 is 19.0 Å². The monoisotopic (exact) mass is 351 g/mol. The van der Waals surface area contributed by atoms with Crippen molar-refractivity contribution in [2.24, 2.45) is 4.99 Å². The van der Waals surface area contributed by atoms with Gasteiger partial charge in [0.2, 0.25) is 0 Å². The summed E-state index contributed by atoms with van der Waals surface area (Å²) in [5.74, 6) is 2.32. The van der Waals surface area contributed by atoms with Crippen molar-refractivity contribution >= 4 is 11.5 Å². The van der Waals surface area contributed by atoms with E-state index in [0.717, 1.165) is 41.4 Å². The van der Waals surface area contributed by atoms with E-state index >= 15 is 0 Å². The number of methoxy groups -OCH3 is 1. The molecule has 2 aromatic rings. The molecule has 0 saturated heterocycles. The van der Waals surface area contributed by atoms with Crippen LogP contribution in [0.25, 0.3) is 0 Å². The summed E-state index contributed by atoms with van der Waals surface area (Å²) in [4.78, 5) is 17.3. The third-order valence-corrected chi connectivity index (χ3v) is 4.71. The Hall–Kier alpha value is -2.82. The smallest absolute Gasteiger partial charge is 0.168 e. The minimum atomic E-state index is 0.0476. The SMILES string of the molecule is COc1ccc(C(=O)CC2=NCCc3cc4c(cc32)OCCCO4)cc1. The van der Waals surface area contributed by atoms with Gasteiger partial charge in [0.05, 0.1) is 32.5 Å². The minimum absolute atomic E-state index is 0.0476. The van der Waals surface area contributed by atoms with Crippen LogP contribution in [0.4, 0.5) is 0 Å². The van der Waals surface area contributed by atoms with Crippen LogP contribution in [-0.4, -0.2) is 38.4 Å². The lowest BCUT2D eigenvalue weighted by molar-refractivity contribution is 0.100. The number of nitrogens with zero attached hydrogens (tertiary/aromatic N) is 1. The van der Waals surface area contributed by atoms with Gasteiger partial charge < -0.3 is 14.2 Å². The van der Waals surface area contributed by atoms with Crippen LogP contribution < -0.4 is 14.2 Å². The maximum atomic E-state index is 12.7. The van der Waals surface area contributed by atoms with Gasteiger partial charge in [0.1, 0.15) is 5.75 Å². The molecule has 2 heterocycles. The van der Waals surface area contributed by atoms with Crippen LogP contribution in [0.1, 0.15) is 34.3 Å². The van der Waals surface area contributed by atoms with Crippen molar-refractivity contribution in [3.63, 3.8) is 0 Å². The molecule has 0 aromatic heterocycles. The fraction of sp³-hybridized carbons (Fsp3) is 0.333. The Morgan fingerprint density at radius 3 is 2.58 bits per heavy atom. The van der Waals surface area contributed by atoms with E-state index < -0.39 is 0 Å². The van der Waals surface area contributed by atoms with Crippen LogP contribution >= 0.6 is 0 Å². The van der Waals surface area contributed by atoms with E-state index in [4.69, 9.17) is 14.2 Å². The fourth-order valence-corrected chi connectivity index (χ4v) is 3.30. The highest BCUT2D eigenvalue weighted by atomic mass is 16.5. The molecule has 4 rings (SSSR count). The normalized spacial score (nSPS) is 15.5. The average Bonchev–Trinajstić information content (AvgIpc) is 2.91. The average molecular weight is 351 g/mol. The number of aliphatic imine (C=N–C) groups is 1. The van der Waals surface area contributed by atoms with E-state index in [1.54, 1.807) is 31.4 Å². The Morgan fingerprint density at radius 1 is 1.12 bits per heavy atom. The molecule has 2 aliphatic rings. The van der Waals surface area contributed by atoms with Gasteiger partial charge in [0, 0.05) is 24.1 Å². The second-order valence-electron chi connectivity index (χ2n) is 6.41. The molecule has 0 atom stereocenters. The molecule has 0 fully saturated rings. The summed E-state index contributed by atoms with van der Waals surface area (Å²) in [6.07, 6.45) is 2.00. The minimum Gasteiger partial charge on any atom is -0.497 e. The molecule has 2 aliphatic heterocycles. The predicted octanol–water partition coefficient (Wildman–Crippen LogP) is 3.47. The topological polar surface area (TPSA) is 57.1 Å². The molecule has 5 heteroatoms. The predicted molar refractivity (Wildman–Crippen MR) is 99.1 cm³/mol. The van der Waals surface area contributed by atoms with Crippen LogP contribution in [-0.2, 0) is 6.42 Å². The summed E-state index contributed by atoms with van der Waals surface area (Å²) < 4.78 is 16.7. The van der Waals surface area contributed by atoms with E-state index in [1.165, 1.54) is 5.56 Å². The van der Waals surface area contributed by atoms with Gasteiger partial charge in [-0.1, -0.05) is 0 Å². The van der Waals surface area contributed by atoms with Crippen molar-refractivity contribution in [2.75, 3.05) is 26.9 Å². The van der Waals surface area contributed by atoms with E-state index in [1.807, 2.05) is 12.1 Å². The maximum Gasteiger partial charge on any atom is 0.168 e. The fourth-order valence-electron chi connectivity index (χ4n) is 3.30. The number of ketones is 1. The number of fused-ring (bicyclic) bond motifs is 2. The highest BCUT2D eigenvalue weighted by Gasteiger charge is 2.22. The number of benzene rings is 2. The molecule has 134 valence electrons. The molecule has 5 nitrogen and oxygen atoms in total. The Morgan fingerprint density at radius 2 is 1.85 bits per heavy atom. The molecule has 0 aliphatic carbocycles. The zero-order valence-electron chi connectivity index (χ0n) is 14.8. The molecule has 0 saturated carbocycles. The van der Waals surface area contributed by atoms with Crippen molar-refractivity contribution in [1.29, 1.82) is 0 Å². The Kier molecular flexibility index (Phi) is 4.61. The highest BCUT2D eigenvalue weighted by molar-refractivity contribution is 6.16. The number of ether oxygens (including phenoxy) is 3. The first-order valence-corrected chi connectivity index (χ1v) is 8.88. The van der Waals surface area contributed by atoms with Gasteiger partial charge in [0.15, 0.2) is 17.3 Å². The molecule has 0 amide bonds. The second kappa shape index (κ2) is 7.20. The lowest BCUT2D eigenvalue weighted by Gasteiger charge is -2.19. The molecular weight excluding hydrogens is 330 g/mol.